The number of hydrogen-bond acceptors (Lipinski definition) is 4. The van der Waals surface area contributed by atoms with E-state index in [4.69, 9.17) is 11.5 Å². The first-order chi connectivity index (χ1) is 11.5. The second kappa shape index (κ2) is 7.91. The van der Waals surface area contributed by atoms with E-state index in [1.165, 1.54) is 0 Å². The summed E-state index contributed by atoms with van der Waals surface area (Å²) in [4.78, 5) is 31.6. The molecule has 1 aromatic heterocycles. The predicted octanol–water partition coefficient (Wildman–Crippen LogP) is 0.471. The number of carboxylic acid groups (broad SMARTS) is 1. The molecular formula is C16H19N5O3. The normalized spacial score (nSPS) is 11.7. The number of amides is 1. The Labute approximate surface area is 138 Å². The summed E-state index contributed by atoms with van der Waals surface area (Å²) in [5, 5.41) is 12.6. The fourth-order valence-corrected chi connectivity index (χ4v) is 2.19. The maximum Gasteiger partial charge on any atom is 0.326 e. The highest BCUT2D eigenvalue weighted by Gasteiger charge is 2.21. The summed E-state index contributed by atoms with van der Waals surface area (Å²) in [5.74, 6) is -1.70. The molecule has 8 nitrogen and oxygen atoms in total. The quantitative estimate of drug-likeness (QED) is 0.330. The van der Waals surface area contributed by atoms with Crippen LogP contribution in [-0.2, 0) is 4.79 Å². The minimum Gasteiger partial charge on any atom is -0.480 e. The van der Waals surface area contributed by atoms with Crippen molar-refractivity contribution in [1.29, 1.82) is 0 Å². The largest absolute Gasteiger partial charge is 0.480 e. The molecule has 0 spiro atoms. The van der Waals surface area contributed by atoms with Crippen molar-refractivity contribution < 1.29 is 14.7 Å². The fraction of sp³-hybridized carbons (Fsp3) is 0.250. The first-order valence-electron chi connectivity index (χ1n) is 7.42. The van der Waals surface area contributed by atoms with E-state index in [2.05, 4.69) is 15.3 Å². The summed E-state index contributed by atoms with van der Waals surface area (Å²) < 4.78 is 0. The highest BCUT2D eigenvalue weighted by molar-refractivity contribution is 5.96. The van der Waals surface area contributed by atoms with Gasteiger partial charge >= 0.3 is 5.97 Å². The van der Waals surface area contributed by atoms with Crippen LogP contribution in [0.2, 0.25) is 0 Å². The maximum absolute atomic E-state index is 12.2. The number of benzene rings is 1. The fourth-order valence-electron chi connectivity index (χ4n) is 2.19. The molecule has 2 rings (SSSR count). The number of aromatic nitrogens is 1. The van der Waals surface area contributed by atoms with Crippen molar-refractivity contribution in [2.75, 3.05) is 6.54 Å². The molecule has 1 heterocycles. The number of nitrogens with zero attached hydrogens (tertiary/aromatic N) is 2. The molecule has 0 saturated carbocycles. The second-order valence-corrected chi connectivity index (χ2v) is 5.20. The van der Waals surface area contributed by atoms with Crippen molar-refractivity contribution in [2.24, 2.45) is 16.5 Å². The number of pyridine rings is 1. The van der Waals surface area contributed by atoms with Crippen LogP contribution >= 0.6 is 0 Å². The Kier molecular flexibility index (Phi) is 5.67. The third-order valence-corrected chi connectivity index (χ3v) is 3.38. The molecule has 0 bridgehead atoms. The summed E-state index contributed by atoms with van der Waals surface area (Å²) in [5.41, 5.74) is 11.3. The third kappa shape index (κ3) is 4.67. The molecule has 0 aliphatic carbocycles. The standard InChI is InChI=1S/C16H19N5O3/c17-16(18)19-9-3-6-13(15(23)24)21-14(22)12-8-7-10-4-1-2-5-11(10)20-12/h1-2,4-5,7-8,13H,3,6,9H2,(H,21,22)(H,23,24)(H4,17,18,19)/t13-/m0/s1. The topological polar surface area (TPSA) is 144 Å². The van der Waals surface area contributed by atoms with Gasteiger partial charge in [0.05, 0.1) is 5.52 Å². The van der Waals surface area contributed by atoms with Gasteiger partial charge in [0.2, 0.25) is 0 Å². The average molecular weight is 329 g/mol. The number of aliphatic carboxylic acids is 1. The third-order valence-electron chi connectivity index (χ3n) is 3.38. The molecule has 0 unspecified atom stereocenters. The van der Waals surface area contributed by atoms with Gasteiger partial charge in [-0.3, -0.25) is 9.79 Å². The van der Waals surface area contributed by atoms with Gasteiger partial charge in [0.1, 0.15) is 11.7 Å². The number of fused-ring (bicyclic) bond motifs is 1. The zero-order valence-electron chi connectivity index (χ0n) is 13.0. The average Bonchev–Trinajstić information content (AvgIpc) is 2.56. The van der Waals surface area contributed by atoms with Gasteiger partial charge in [-0.25, -0.2) is 9.78 Å². The molecule has 126 valence electrons. The Balaban J connectivity index is 2.03. The van der Waals surface area contributed by atoms with Crippen molar-refractivity contribution >= 4 is 28.7 Å². The Bertz CT molecular complexity index is 771. The van der Waals surface area contributed by atoms with E-state index in [9.17, 15) is 14.7 Å². The van der Waals surface area contributed by atoms with E-state index in [0.29, 0.717) is 18.5 Å². The smallest absolute Gasteiger partial charge is 0.326 e. The van der Waals surface area contributed by atoms with Crippen molar-refractivity contribution in [2.45, 2.75) is 18.9 Å². The Hall–Kier alpha value is -3.16. The minimum absolute atomic E-state index is 0.0497. The van der Waals surface area contributed by atoms with E-state index in [-0.39, 0.29) is 18.1 Å². The van der Waals surface area contributed by atoms with Crippen LogP contribution in [-0.4, -0.2) is 40.5 Å². The summed E-state index contributed by atoms with van der Waals surface area (Å²) >= 11 is 0. The molecule has 1 aromatic carbocycles. The molecule has 8 heteroatoms. The van der Waals surface area contributed by atoms with E-state index in [1.54, 1.807) is 18.2 Å². The highest BCUT2D eigenvalue weighted by Crippen LogP contribution is 2.12. The number of nitrogens with two attached hydrogens (primary N) is 2. The Morgan fingerprint density at radius 1 is 1.21 bits per heavy atom. The van der Waals surface area contributed by atoms with E-state index in [0.717, 1.165) is 5.39 Å². The summed E-state index contributed by atoms with van der Waals surface area (Å²) in [6, 6.07) is 9.67. The molecule has 2 aromatic rings. The van der Waals surface area contributed by atoms with Crippen molar-refractivity contribution in [3.8, 4) is 0 Å². The van der Waals surface area contributed by atoms with Crippen LogP contribution in [0.5, 0.6) is 0 Å². The van der Waals surface area contributed by atoms with E-state index in [1.807, 2.05) is 18.2 Å². The molecule has 0 aliphatic heterocycles. The van der Waals surface area contributed by atoms with Crippen LogP contribution in [0.15, 0.2) is 41.4 Å². The van der Waals surface area contributed by atoms with E-state index >= 15 is 0 Å². The number of aliphatic imine (C=N–C) groups is 1. The maximum atomic E-state index is 12.2. The van der Waals surface area contributed by atoms with Gasteiger partial charge in [-0.2, -0.15) is 0 Å². The van der Waals surface area contributed by atoms with Gasteiger partial charge in [0, 0.05) is 11.9 Å². The Morgan fingerprint density at radius 3 is 2.67 bits per heavy atom. The molecule has 0 aliphatic rings. The number of carbonyl (C=O) groups excluding carboxylic acids is 1. The Morgan fingerprint density at radius 2 is 1.96 bits per heavy atom. The lowest BCUT2D eigenvalue weighted by Gasteiger charge is -2.14. The molecule has 24 heavy (non-hydrogen) atoms. The zero-order valence-corrected chi connectivity index (χ0v) is 13.0. The number of hydrogen-bond donors (Lipinski definition) is 4. The SMILES string of the molecule is NC(N)=NCCC[C@H](NC(=O)c1ccc2ccccc2n1)C(=O)O. The van der Waals surface area contributed by atoms with Crippen molar-refractivity contribution in [1.82, 2.24) is 10.3 Å². The first-order valence-corrected chi connectivity index (χ1v) is 7.42. The zero-order chi connectivity index (χ0) is 17.5. The molecule has 0 fully saturated rings. The van der Waals surface area contributed by atoms with Crippen LogP contribution in [0.4, 0.5) is 0 Å². The van der Waals surface area contributed by atoms with Gasteiger partial charge in [0.15, 0.2) is 5.96 Å². The number of nitrogens with one attached hydrogen (secondary N) is 1. The number of guanidine groups is 1. The van der Waals surface area contributed by atoms with Gasteiger partial charge in [-0.15, -0.1) is 0 Å². The molecular weight excluding hydrogens is 310 g/mol. The van der Waals surface area contributed by atoms with Gasteiger partial charge in [-0.1, -0.05) is 24.3 Å². The summed E-state index contributed by atoms with van der Waals surface area (Å²) in [6.07, 6.45) is 0.645. The summed E-state index contributed by atoms with van der Waals surface area (Å²) in [6.45, 7) is 0.302. The minimum atomic E-state index is -1.12. The lowest BCUT2D eigenvalue weighted by atomic mass is 10.1. The van der Waals surface area contributed by atoms with Crippen LogP contribution in [0.1, 0.15) is 23.3 Å². The first kappa shape index (κ1) is 17.2. The molecule has 0 radical (unpaired) electrons. The highest BCUT2D eigenvalue weighted by atomic mass is 16.4. The predicted molar refractivity (Wildman–Crippen MR) is 90.5 cm³/mol. The number of rotatable bonds is 7. The molecule has 6 N–H and O–H groups in total. The number of carboxylic acids is 1. The lowest BCUT2D eigenvalue weighted by molar-refractivity contribution is -0.139. The van der Waals surface area contributed by atoms with Crippen LogP contribution < -0.4 is 16.8 Å². The molecule has 1 atom stereocenters. The van der Waals surface area contributed by atoms with Crippen molar-refractivity contribution in [3.05, 3.63) is 42.1 Å². The lowest BCUT2D eigenvalue weighted by Crippen LogP contribution is -2.41. The van der Waals surface area contributed by atoms with Crippen molar-refractivity contribution in [3.63, 3.8) is 0 Å². The number of carbonyl (C=O) groups is 2. The van der Waals surface area contributed by atoms with Gasteiger partial charge in [0.25, 0.3) is 5.91 Å². The van der Waals surface area contributed by atoms with Crippen LogP contribution in [0.25, 0.3) is 10.9 Å². The molecule has 0 saturated heterocycles. The van der Waals surface area contributed by atoms with Gasteiger partial charge < -0.3 is 21.9 Å². The van der Waals surface area contributed by atoms with E-state index < -0.39 is 17.9 Å². The second-order valence-electron chi connectivity index (χ2n) is 5.20. The molecule has 1 amide bonds. The number of para-hydroxylation sites is 1. The van der Waals surface area contributed by atoms with Crippen LogP contribution in [0.3, 0.4) is 0 Å². The summed E-state index contributed by atoms with van der Waals surface area (Å²) in [7, 11) is 0. The monoisotopic (exact) mass is 329 g/mol. The van der Waals surface area contributed by atoms with Crippen LogP contribution in [0, 0.1) is 0 Å². The van der Waals surface area contributed by atoms with Gasteiger partial charge in [-0.05, 0) is 25.0 Å².